The van der Waals surface area contributed by atoms with Gasteiger partial charge in [0.05, 0.1) is 12.5 Å². The van der Waals surface area contributed by atoms with Crippen LogP contribution in [-0.2, 0) is 0 Å². The number of nitrogens with zero attached hydrogens (tertiary/aromatic N) is 2. The maximum absolute atomic E-state index is 9.05. The van der Waals surface area contributed by atoms with E-state index in [0.29, 0.717) is 12.5 Å². The highest BCUT2D eigenvalue weighted by molar-refractivity contribution is 7.98. The van der Waals surface area contributed by atoms with Gasteiger partial charge >= 0.3 is 0 Å². The van der Waals surface area contributed by atoms with Crippen LogP contribution in [0.15, 0.2) is 30.3 Å². The Labute approximate surface area is 115 Å². The van der Waals surface area contributed by atoms with Crippen LogP contribution in [0.1, 0.15) is 31.4 Å². The quantitative estimate of drug-likeness (QED) is 0.749. The molecule has 0 amide bonds. The maximum Gasteiger partial charge on any atom is 0.0641 e. The van der Waals surface area contributed by atoms with Crippen molar-refractivity contribution in [2.24, 2.45) is 0 Å². The van der Waals surface area contributed by atoms with Gasteiger partial charge < -0.3 is 0 Å². The molecule has 18 heavy (non-hydrogen) atoms. The van der Waals surface area contributed by atoms with Crippen LogP contribution in [0.5, 0.6) is 0 Å². The lowest BCUT2D eigenvalue weighted by Gasteiger charge is -2.33. The van der Waals surface area contributed by atoms with Crippen molar-refractivity contribution in [2.75, 3.05) is 19.1 Å². The van der Waals surface area contributed by atoms with E-state index in [1.54, 1.807) is 0 Å². The van der Waals surface area contributed by atoms with Crippen molar-refractivity contribution in [2.45, 2.75) is 31.8 Å². The fourth-order valence-electron chi connectivity index (χ4n) is 2.23. The lowest BCUT2D eigenvalue weighted by molar-refractivity contribution is 0.185. The molecule has 0 aromatic heterocycles. The average molecular weight is 262 g/mol. The Kier molecular flexibility index (Phi) is 6.85. The molecule has 0 spiro atoms. The van der Waals surface area contributed by atoms with E-state index in [9.17, 15) is 0 Å². The molecule has 0 saturated heterocycles. The molecular formula is C15H22N2S. The zero-order valence-electron chi connectivity index (χ0n) is 11.5. The number of benzene rings is 1. The molecule has 2 atom stereocenters. The van der Waals surface area contributed by atoms with E-state index < -0.39 is 0 Å². The lowest BCUT2D eigenvalue weighted by Crippen LogP contribution is -2.36. The van der Waals surface area contributed by atoms with Gasteiger partial charge in [-0.05, 0) is 25.3 Å². The summed E-state index contributed by atoms with van der Waals surface area (Å²) in [6, 6.07) is 13.4. The standard InChI is InChI=1S/C15H22N2S/c1-4-14(12-18-3)17(2)15(10-11-16)13-8-6-5-7-9-13/h5-9,14-15H,4,10,12H2,1-3H3. The molecule has 0 aliphatic rings. The van der Waals surface area contributed by atoms with Crippen LogP contribution in [0.4, 0.5) is 0 Å². The second-order valence-corrected chi connectivity index (χ2v) is 5.38. The molecule has 0 radical (unpaired) electrons. The van der Waals surface area contributed by atoms with E-state index in [1.807, 2.05) is 30.0 Å². The van der Waals surface area contributed by atoms with E-state index in [4.69, 9.17) is 5.26 Å². The molecule has 1 aromatic carbocycles. The number of nitriles is 1. The molecule has 3 heteroatoms. The largest absolute Gasteiger partial charge is 0.295 e. The predicted octanol–water partition coefficient (Wildman–Crippen LogP) is 3.71. The Morgan fingerprint density at radius 1 is 1.33 bits per heavy atom. The highest BCUT2D eigenvalue weighted by atomic mass is 32.2. The van der Waals surface area contributed by atoms with Crippen molar-refractivity contribution >= 4 is 11.8 Å². The van der Waals surface area contributed by atoms with Crippen LogP contribution >= 0.6 is 11.8 Å². The predicted molar refractivity (Wildman–Crippen MR) is 79.6 cm³/mol. The summed E-state index contributed by atoms with van der Waals surface area (Å²) in [5.74, 6) is 1.11. The van der Waals surface area contributed by atoms with Crippen LogP contribution in [0.2, 0.25) is 0 Å². The molecule has 0 saturated carbocycles. The molecule has 0 bridgehead atoms. The van der Waals surface area contributed by atoms with Crippen molar-refractivity contribution in [1.82, 2.24) is 4.90 Å². The van der Waals surface area contributed by atoms with E-state index in [2.05, 4.69) is 43.3 Å². The van der Waals surface area contributed by atoms with Crippen LogP contribution in [0.25, 0.3) is 0 Å². The second-order valence-electron chi connectivity index (χ2n) is 4.47. The van der Waals surface area contributed by atoms with Crippen LogP contribution in [0, 0.1) is 11.3 Å². The molecule has 0 fully saturated rings. The Bertz CT molecular complexity index is 372. The molecular weight excluding hydrogens is 240 g/mol. The van der Waals surface area contributed by atoms with E-state index >= 15 is 0 Å². The first-order chi connectivity index (χ1) is 8.74. The van der Waals surface area contributed by atoms with E-state index in [-0.39, 0.29) is 6.04 Å². The summed E-state index contributed by atoms with van der Waals surface area (Å²) < 4.78 is 0. The first-order valence-corrected chi connectivity index (χ1v) is 7.76. The van der Waals surface area contributed by atoms with Gasteiger partial charge in [-0.15, -0.1) is 0 Å². The van der Waals surface area contributed by atoms with Crippen molar-refractivity contribution in [3.63, 3.8) is 0 Å². The second kappa shape index (κ2) is 8.18. The fraction of sp³-hybridized carbons (Fsp3) is 0.533. The van der Waals surface area contributed by atoms with Crippen molar-refractivity contribution in [3.05, 3.63) is 35.9 Å². The van der Waals surface area contributed by atoms with Gasteiger partial charge in [0.15, 0.2) is 0 Å². The van der Waals surface area contributed by atoms with Gasteiger partial charge in [-0.25, -0.2) is 0 Å². The maximum atomic E-state index is 9.05. The molecule has 0 aliphatic carbocycles. The number of hydrogen-bond donors (Lipinski definition) is 0. The van der Waals surface area contributed by atoms with Gasteiger partial charge in [0.1, 0.15) is 0 Å². The Hall–Kier alpha value is -0.980. The summed E-state index contributed by atoms with van der Waals surface area (Å²) in [6.45, 7) is 2.21. The summed E-state index contributed by atoms with van der Waals surface area (Å²) in [4.78, 5) is 2.36. The molecule has 0 N–H and O–H groups in total. The van der Waals surface area contributed by atoms with Crippen LogP contribution in [-0.4, -0.2) is 30.0 Å². The number of hydrogen-bond acceptors (Lipinski definition) is 3. The summed E-state index contributed by atoms with van der Waals surface area (Å²) in [6.07, 6.45) is 3.80. The first kappa shape index (κ1) is 15.1. The molecule has 98 valence electrons. The third-order valence-electron chi connectivity index (χ3n) is 3.37. The van der Waals surface area contributed by atoms with Crippen LogP contribution in [0.3, 0.4) is 0 Å². The van der Waals surface area contributed by atoms with Crippen molar-refractivity contribution < 1.29 is 0 Å². The molecule has 1 aromatic rings. The highest BCUT2D eigenvalue weighted by Crippen LogP contribution is 2.26. The minimum absolute atomic E-state index is 0.202. The van der Waals surface area contributed by atoms with Gasteiger partial charge in [-0.3, -0.25) is 4.90 Å². The average Bonchev–Trinajstić information content (AvgIpc) is 2.42. The zero-order valence-corrected chi connectivity index (χ0v) is 12.3. The molecule has 2 unspecified atom stereocenters. The van der Waals surface area contributed by atoms with Gasteiger partial charge in [-0.2, -0.15) is 17.0 Å². The molecule has 0 heterocycles. The summed E-state index contributed by atoms with van der Waals surface area (Å²) in [7, 11) is 2.14. The van der Waals surface area contributed by atoms with Gasteiger partial charge in [0, 0.05) is 17.8 Å². The Morgan fingerprint density at radius 3 is 2.50 bits per heavy atom. The third kappa shape index (κ3) is 4.04. The zero-order chi connectivity index (χ0) is 13.4. The summed E-state index contributed by atoms with van der Waals surface area (Å²) >= 11 is 1.87. The van der Waals surface area contributed by atoms with E-state index in [1.165, 1.54) is 5.56 Å². The summed E-state index contributed by atoms with van der Waals surface area (Å²) in [5.41, 5.74) is 1.24. The first-order valence-electron chi connectivity index (χ1n) is 6.37. The SMILES string of the molecule is CCC(CSC)N(C)C(CC#N)c1ccccc1. The molecule has 2 nitrogen and oxygen atoms in total. The Balaban J connectivity index is 2.87. The minimum Gasteiger partial charge on any atom is -0.295 e. The molecule has 0 aliphatic heterocycles. The minimum atomic E-state index is 0.202. The van der Waals surface area contributed by atoms with Gasteiger partial charge in [-0.1, -0.05) is 37.3 Å². The van der Waals surface area contributed by atoms with Gasteiger partial charge in [0.25, 0.3) is 0 Å². The van der Waals surface area contributed by atoms with Crippen molar-refractivity contribution in [3.8, 4) is 6.07 Å². The smallest absolute Gasteiger partial charge is 0.0641 e. The fourth-order valence-corrected chi connectivity index (χ4v) is 3.08. The monoisotopic (exact) mass is 262 g/mol. The number of rotatable bonds is 7. The molecule has 1 rings (SSSR count). The third-order valence-corrected chi connectivity index (χ3v) is 4.08. The summed E-state index contributed by atoms with van der Waals surface area (Å²) in [5, 5.41) is 9.05. The number of thioether (sulfide) groups is 1. The van der Waals surface area contributed by atoms with Crippen LogP contribution < -0.4 is 0 Å². The topological polar surface area (TPSA) is 27.0 Å². The Morgan fingerprint density at radius 2 is 2.00 bits per heavy atom. The van der Waals surface area contributed by atoms with E-state index in [0.717, 1.165) is 12.2 Å². The van der Waals surface area contributed by atoms with Crippen molar-refractivity contribution in [1.29, 1.82) is 5.26 Å². The normalized spacial score (nSPS) is 14.2. The van der Waals surface area contributed by atoms with Gasteiger partial charge in [0.2, 0.25) is 0 Å². The highest BCUT2D eigenvalue weighted by Gasteiger charge is 2.22. The lowest BCUT2D eigenvalue weighted by atomic mass is 10.0.